The first kappa shape index (κ1) is 20.4. The molecule has 0 spiro atoms. The molecule has 0 unspecified atom stereocenters. The molecule has 2 aromatic rings. The van der Waals surface area contributed by atoms with Gasteiger partial charge in [-0.2, -0.15) is 4.31 Å². The van der Waals surface area contributed by atoms with E-state index in [2.05, 4.69) is 12.2 Å². The highest BCUT2D eigenvalue weighted by Gasteiger charge is 2.29. The third-order valence-corrected chi connectivity index (χ3v) is 8.39. The van der Waals surface area contributed by atoms with E-state index in [1.807, 2.05) is 6.92 Å². The molecule has 1 amide bonds. The fourth-order valence-electron chi connectivity index (χ4n) is 4.60. The number of carbonyl (C=O) groups is 1. The van der Waals surface area contributed by atoms with Crippen LogP contribution in [-0.2, 0) is 10.0 Å². The van der Waals surface area contributed by atoms with Gasteiger partial charge in [0.05, 0.1) is 4.90 Å². The van der Waals surface area contributed by atoms with Crippen molar-refractivity contribution in [2.45, 2.75) is 69.7 Å². The Labute approximate surface area is 172 Å². The molecule has 1 N–H and O–H groups in total. The van der Waals surface area contributed by atoms with Crippen LogP contribution in [0.15, 0.2) is 27.5 Å². The van der Waals surface area contributed by atoms with Gasteiger partial charge < -0.3 is 9.73 Å². The Morgan fingerprint density at radius 2 is 1.83 bits per heavy atom. The van der Waals surface area contributed by atoms with Crippen LogP contribution in [0.1, 0.15) is 68.0 Å². The predicted octanol–water partition coefficient (Wildman–Crippen LogP) is 4.22. The normalized spacial score (nSPS) is 23.9. The molecule has 1 aromatic carbocycles. The molecule has 0 radical (unpaired) electrons. The fraction of sp³-hybridized carbons (Fsp3) is 0.591. The second-order valence-corrected chi connectivity index (χ2v) is 10.5. The molecule has 4 rings (SSSR count). The monoisotopic (exact) mass is 418 g/mol. The van der Waals surface area contributed by atoms with Crippen LogP contribution >= 0.6 is 0 Å². The summed E-state index contributed by atoms with van der Waals surface area (Å²) < 4.78 is 33.4. The summed E-state index contributed by atoms with van der Waals surface area (Å²) in [4.78, 5) is 13.1. The Morgan fingerprint density at radius 3 is 2.55 bits per heavy atom. The van der Waals surface area contributed by atoms with Crippen molar-refractivity contribution in [3.63, 3.8) is 0 Å². The smallest absolute Gasteiger partial charge is 0.287 e. The van der Waals surface area contributed by atoms with Crippen molar-refractivity contribution in [2.24, 2.45) is 5.92 Å². The van der Waals surface area contributed by atoms with Crippen molar-refractivity contribution in [1.29, 1.82) is 0 Å². The van der Waals surface area contributed by atoms with Crippen LogP contribution in [0.25, 0.3) is 11.0 Å². The topological polar surface area (TPSA) is 79.6 Å². The third-order valence-electron chi connectivity index (χ3n) is 6.49. The molecular formula is C22H30N2O4S. The summed E-state index contributed by atoms with van der Waals surface area (Å²) in [5, 5.41) is 3.81. The maximum atomic E-state index is 13.0. The lowest BCUT2D eigenvalue weighted by Gasteiger charge is -2.29. The molecular weight excluding hydrogens is 388 g/mol. The third kappa shape index (κ3) is 3.94. The predicted molar refractivity (Wildman–Crippen MR) is 112 cm³/mol. The van der Waals surface area contributed by atoms with Gasteiger partial charge in [-0.15, -0.1) is 0 Å². The van der Waals surface area contributed by atoms with E-state index in [1.165, 1.54) is 6.42 Å². The summed E-state index contributed by atoms with van der Waals surface area (Å²) in [5.41, 5.74) is 1.23. The average Bonchev–Trinajstić information content (AvgIpc) is 3.06. The van der Waals surface area contributed by atoms with Crippen LogP contribution in [0, 0.1) is 12.8 Å². The SMILES string of the molecule is Cc1c(C(=O)N[C@@H]2CCCC[C@H]2C)oc2ccc(S(=O)(=O)N3CCCCC3)cc12. The summed E-state index contributed by atoms with van der Waals surface area (Å²) in [6.45, 7) is 5.13. The van der Waals surface area contributed by atoms with Crippen LogP contribution in [-0.4, -0.2) is 37.8 Å². The fourth-order valence-corrected chi connectivity index (χ4v) is 6.14. The molecule has 1 saturated carbocycles. The lowest BCUT2D eigenvalue weighted by Crippen LogP contribution is -2.41. The minimum atomic E-state index is -3.52. The number of amides is 1. The zero-order valence-corrected chi connectivity index (χ0v) is 18.1. The molecule has 2 atom stereocenters. The van der Waals surface area contributed by atoms with Gasteiger partial charge in [0.1, 0.15) is 5.58 Å². The van der Waals surface area contributed by atoms with E-state index in [0.29, 0.717) is 35.5 Å². The van der Waals surface area contributed by atoms with Gasteiger partial charge in [-0.3, -0.25) is 4.79 Å². The number of piperidine rings is 1. The molecule has 29 heavy (non-hydrogen) atoms. The van der Waals surface area contributed by atoms with Gasteiger partial charge in [-0.05, 0) is 56.7 Å². The molecule has 1 aromatic heterocycles. The molecule has 1 aliphatic heterocycles. The summed E-state index contributed by atoms with van der Waals surface area (Å²) in [7, 11) is -3.52. The second kappa shape index (κ2) is 8.11. The van der Waals surface area contributed by atoms with Crippen molar-refractivity contribution in [2.75, 3.05) is 13.1 Å². The molecule has 158 valence electrons. The maximum absolute atomic E-state index is 13.0. The molecule has 0 bridgehead atoms. The number of aryl methyl sites for hydroxylation is 1. The van der Waals surface area contributed by atoms with E-state index in [0.717, 1.165) is 38.5 Å². The first-order chi connectivity index (χ1) is 13.9. The van der Waals surface area contributed by atoms with E-state index in [4.69, 9.17) is 4.42 Å². The Bertz CT molecular complexity index is 1010. The van der Waals surface area contributed by atoms with Gasteiger partial charge in [-0.1, -0.05) is 26.2 Å². The lowest BCUT2D eigenvalue weighted by molar-refractivity contribution is 0.0883. The van der Waals surface area contributed by atoms with Crippen LogP contribution in [0.4, 0.5) is 0 Å². The van der Waals surface area contributed by atoms with E-state index < -0.39 is 10.0 Å². The summed E-state index contributed by atoms with van der Waals surface area (Å²) >= 11 is 0. The number of rotatable bonds is 4. The minimum Gasteiger partial charge on any atom is -0.451 e. The zero-order chi connectivity index (χ0) is 20.6. The molecule has 2 aliphatic rings. The van der Waals surface area contributed by atoms with Crippen molar-refractivity contribution in [1.82, 2.24) is 9.62 Å². The number of hydrogen-bond donors (Lipinski definition) is 1. The van der Waals surface area contributed by atoms with Gasteiger partial charge in [0.2, 0.25) is 10.0 Å². The minimum absolute atomic E-state index is 0.166. The average molecular weight is 419 g/mol. The van der Waals surface area contributed by atoms with Crippen molar-refractivity contribution in [3.05, 3.63) is 29.5 Å². The molecule has 2 heterocycles. The first-order valence-corrected chi connectivity index (χ1v) is 12.2. The van der Waals surface area contributed by atoms with Gasteiger partial charge in [-0.25, -0.2) is 8.42 Å². The van der Waals surface area contributed by atoms with Gasteiger partial charge >= 0.3 is 0 Å². The number of fused-ring (bicyclic) bond motifs is 1. The Kier molecular flexibility index (Phi) is 5.71. The standard InChI is InChI=1S/C22H30N2O4S/c1-15-8-4-5-9-19(15)23-22(25)21-16(2)18-14-17(10-11-20(18)28-21)29(26,27)24-12-6-3-7-13-24/h10-11,14-15,19H,3-9,12-13H2,1-2H3,(H,23,25)/t15-,19-/m1/s1. The zero-order valence-electron chi connectivity index (χ0n) is 17.2. The number of nitrogens with one attached hydrogen (secondary N) is 1. The first-order valence-electron chi connectivity index (χ1n) is 10.7. The van der Waals surface area contributed by atoms with E-state index >= 15 is 0 Å². The summed E-state index contributed by atoms with van der Waals surface area (Å²) in [6.07, 6.45) is 7.33. The number of hydrogen-bond acceptors (Lipinski definition) is 4. The number of carbonyl (C=O) groups excluding carboxylic acids is 1. The van der Waals surface area contributed by atoms with Crippen LogP contribution in [0.2, 0.25) is 0 Å². The number of benzene rings is 1. The van der Waals surface area contributed by atoms with Gasteiger partial charge in [0.15, 0.2) is 5.76 Å². The Balaban J connectivity index is 1.61. The summed E-state index contributed by atoms with van der Waals surface area (Å²) in [5.74, 6) is 0.529. The largest absolute Gasteiger partial charge is 0.451 e. The van der Waals surface area contributed by atoms with Gasteiger partial charge in [0, 0.05) is 30.1 Å². The molecule has 2 fully saturated rings. The Hall–Kier alpha value is -1.86. The Morgan fingerprint density at radius 1 is 1.10 bits per heavy atom. The van der Waals surface area contributed by atoms with Crippen molar-refractivity contribution < 1.29 is 17.6 Å². The van der Waals surface area contributed by atoms with E-state index in [9.17, 15) is 13.2 Å². The molecule has 7 heteroatoms. The lowest BCUT2D eigenvalue weighted by atomic mass is 9.86. The van der Waals surface area contributed by atoms with Crippen LogP contribution < -0.4 is 5.32 Å². The highest BCUT2D eigenvalue weighted by atomic mass is 32.2. The van der Waals surface area contributed by atoms with Crippen molar-refractivity contribution >= 4 is 26.9 Å². The van der Waals surface area contributed by atoms with Crippen LogP contribution in [0.5, 0.6) is 0 Å². The highest BCUT2D eigenvalue weighted by Crippen LogP contribution is 2.30. The molecule has 1 saturated heterocycles. The maximum Gasteiger partial charge on any atom is 0.287 e. The number of furan rings is 1. The van der Waals surface area contributed by atoms with Gasteiger partial charge in [0.25, 0.3) is 5.91 Å². The molecule has 1 aliphatic carbocycles. The van der Waals surface area contributed by atoms with E-state index in [1.54, 1.807) is 22.5 Å². The van der Waals surface area contributed by atoms with Crippen molar-refractivity contribution in [3.8, 4) is 0 Å². The quantitative estimate of drug-likeness (QED) is 0.806. The summed E-state index contributed by atoms with van der Waals surface area (Å²) in [6, 6.07) is 5.07. The second-order valence-electron chi connectivity index (χ2n) is 8.52. The number of sulfonamides is 1. The molecule has 6 nitrogen and oxygen atoms in total. The number of nitrogens with zero attached hydrogens (tertiary/aromatic N) is 1. The van der Waals surface area contributed by atoms with E-state index in [-0.39, 0.29) is 22.6 Å². The highest BCUT2D eigenvalue weighted by molar-refractivity contribution is 7.89. The van der Waals surface area contributed by atoms with Crippen LogP contribution in [0.3, 0.4) is 0 Å².